The molecule has 0 heteroatoms. The lowest BCUT2D eigenvalue weighted by molar-refractivity contribution is 0.562. The van der Waals surface area contributed by atoms with Crippen LogP contribution >= 0.6 is 0 Å². The molecule has 1 aliphatic carbocycles. The molecule has 0 N–H and O–H groups in total. The summed E-state index contributed by atoms with van der Waals surface area (Å²) in [6.07, 6.45) is 20.7. The molecule has 0 radical (unpaired) electrons. The normalized spacial score (nSPS) is 27.7. The molecule has 1 fully saturated rings. The smallest absolute Gasteiger partial charge is 0.0157 e. The standard InChI is InChI=1S/C22H30/c1-7-13-15-18(10-4)22-20(12-6)19(11-5)16-21(22)17(9-3)14-8-2/h7-15,21-22H,1,16H2,2-6H3/b14-8-,15-13-,17-9+,18-10+,19-11-,20-12+. The molecule has 0 spiro atoms. The Morgan fingerprint density at radius 3 is 2.09 bits per heavy atom. The largest absolute Gasteiger partial charge is 0.0991 e. The summed E-state index contributed by atoms with van der Waals surface area (Å²) in [5, 5.41) is 0. The van der Waals surface area contributed by atoms with Gasteiger partial charge in [0.25, 0.3) is 0 Å². The van der Waals surface area contributed by atoms with Gasteiger partial charge in [-0.3, -0.25) is 0 Å². The minimum Gasteiger partial charge on any atom is -0.0991 e. The van der Waals surface area contributed by atoms with Crippen molar-refractivity contribution >= 4 is 0 Å². The van der Waals surface area contributed by atoms with Gasteiger partial charge in [-0.2, -0.15) is 0 Å². The topological polar surface area (TPSA) is 0 Å². The minimum absolute atomic E-state index is 0.430. The van der Waals surface area contributed by atoms with Crippen molar-refractivity contribution in [2.45, 2.75) is 41.0 Å². The quantitative estimate of drug-likeness (QED) is 0.493. The van der Waals surface area contributed by atoms with Gasteiger partial charge in [-0.05, 0) is 69.2 Å². The van der Waals surface area contributed by atoms with Crippen LogP contribution in [0.5, 0.6) is 0 Å². The molecule has 1 saturated carbocycles. The van der Waals surface area contributed by atoms with Crippen molar-refractivity contribution < 1.29 is 0 Å². The van der Waals surface area contributed by atoms with Crippen LogP contribution in [0.3, 0.4) is 0 Å². The lowest BCUT2D eigenvalue weighted by atomic mass is 9.81. The van der Waals surface area contributed by atoms with E-state index in [0.717, 1.165) is 6.42 Å². The van der Waals surface area contributed by atoms with Gasteiger partial charge in [0.1, 0.15) is 0 Å². The molecular weight excluding hydrogens is 264 g/mol. The number of hydrogen-bond donors (Lipinski definition) is 0. The van der Waals surface area contributed by atoms with Gasteiger partial charge in [0.15, 0.2) is 0 Å². The highest BCUT2D eigenvalue weighted by molar-refractivity contribution is 5.50. The van der Waals surface area contributed by atoms with Crippen molar-refractivity contribution in [1.82, 2.24) is 0 Å². The van der Waals surface area contributed by atoms with E-state index in [2.05, 4.69) is 83.7 Å². The molecule has 22 heavy (non-hydrogen) atoms. The predicted octanol–water partition coefficient (Wildman–Crippen LogP) is 6.73. The maximum Gasteiger partial charge on any atom is 0.0157 e. The van der Waals surface area contributed by atoms with E-state index in [4.69, 9.17) is 0 Å². The fourth-order valence-corrected chi connectivity index (χ4v) is 3.45. The molecule has 1 aliphatic rings. The van der Waals surface area contributed by atoms with Crippen LogP contribution in [0, 0.1) is 11.8 Å². The first-order valence-electron chi connectivity index (χ1n) is 8.24. The van der Waals surface area contributed by atoms with Gasteiger partial charge in [-0.15, -0.1) is 0 Å². The first-order valence-corrected chi connectivity index (χ1v) is 8.24. The van der Waals surface area contributed by atoms with Gasteiger partial charge >= 0.3 is 0 Å². The average Bonchev–Trinajstić information content (AvgIpc) is 2.91. The predicted molar refractivity (Wildman–Crippen MR) is 101 cm³/mol. The second-order valence-electron chi connectivity index (χ2n) is 5.52. The van der Waals surface area contributed by atoms with E-state index in [1.54, 1.807) is 0 Å². The van der Waals surface area contributed by atoms with E-state index in [0.29, 0.717) is 11.8 Å². The fraction of sp³-hybridized carbons (Fsp3) is 0.364. The van der Waals surface area contributed by atoms with E-state index in [1.165, 1.54) is 22.3 Å². The zero-order valence-corrected chi connectivity index (χ0v) is 14.8. The Hall–Kier alpha value is -1.82. The summed E-state index contributed by atoms with van der Waals surface area (Å²) in [5.74, 6) is 0.944. The molecule has 0 aromatic rings. The lowest BCUT2D eigenvalue weighted by Gasteiger charge is -2.23. The summed E-state index contributed by atoms with van der Waals surface area (Å²) in [5.41, 5.74) is 5.75. The molecule has 0 heterocycles. The summed E-state index contributed by atoms with van der Waals surface area (Å²) in [6, 6.07) is 0. The van der Waals surface area contributed by atoms with E-state index in [1.807, 2.05) is 12.2 Å². The molecule has 1 rings (SSSR count). The Morgan fingerprint density at radius 2 is 1.64 bits per heavy atom. The second-order valence-corrected chi connectivity index (χ2v) is 5.52. The number of hydrogen-bond acceptors (Lipinski definition) is 0. The molecule has 0 saturated heterocycles. The van der Waals surface area contributed by atoms with Crippen molar-refractivity contribution in [2.75, 3.05) is 0 Å². The van der Waals surface area contributed by atoms with Crippen LogP contribution in [0.25, 0.3) is 0 Å². The molecule has 2 unspecified atom stereocenters. The number of rotatable bonds is 5. The van der Waals surface area contributed by atoms with Crippen molar-refractivity contribution in [3.63, 3.8) is 0 Å². The summed E-state index contributed by atoms with van der Waals surface area (Å²) in [6.45, 7) is 14.5. The highest BCUT2D eigenvalue weighted by Gasteiger charge is 2.36. The van der Waals surface area contributed by atoms with Crippen LogP contribution in [0.4, 0.5) is 0 Å². The molecule has 0 amide bonds. The Labute approximate surface area is 137 Å². The first kappa shape index (κ1) is 18.2. The Morgan fingerprint density at radius 1 is 0.955 bits per heavy atom. The third-order valence-corrected chi connectivity index (χ3v) is 4.45. The van der Waals surface area contributed by atoms with Crippen LogP contribution in [0.1, 0.15) is 41.0 Å². The van der Waals surface area contributed by atoms with Crippen LogP contribution in [-0.2, 0) is 0 Å². The van der Waals surface area contributed by atoms with Crippen LogP contribution < -0.4 is 0 Å². The third kappa shape index (κ3) is 3.88. The Bertz CT molecular complexity index is 559. The van der Waals surface area contributed by atoms with Gasteiger partial charge in [0.2, 0.25) is 0 Å². The van der Waals surface area contributed by atoms with Crippen molar-refractivity contribution in [1.29, 1.82) is 0 Å². The maximum atomic E-state index is 3.80. The fourth-order valence-electron chi connectivity index (χ4n) is 3.45. The van der Waals surface area contributed by atoms with Crippen molar-refractivity contribution in [2.24, 2.45) is 11.8 Å². The van der Waals surface area contributed by atoms with Crippen LogP contribution in [0.2, 0.25) is 0 Å². The van der Waals surface area contributed by atoms with E-state index in [9.17, 15) is 0 Å². The van der Waals surface area contributed by atoms with Gasteiger partial charge in [0.05, 0.1) is 0 Å². The molecule has 0 aromatic carbocycles. The molecule has 0 aliphatic heterocycles. The lowest BCUT2D eigenvalue weighted by Crippen LogP contribution is -2.13. The summed E-state index contributed by atoms with van der Waals surface area (Å²) in [7, 11) is 0. The van der Waals surface area contributed by atoms with E-state index < -0.39 is 0 Å². The van der Waals surface area contributed by atoms with Gasteiger partial charge < -0.3 is 0 Å². The zero-order valence-electron chi connectivity index (χ0n) is 14.8. The average molecular weight is 294 g/mol. The zero-order chi connectivity index (χ0) is 16.5. The molecule has 0 nitrogen and oxygen atoms in total. The maximum absolute atomic E-state index is 3.80. The highest BCUT2D eigenvalue weighted by atomic mass is 14.4. The molecule has 118 valence electrons. The summed E-state index contributed by atoms with van der Waals surface area (Å²) < 4.78 is 0. The third-order valence-electron chi connectivity index (χ3n) is 4.45. The summed E-state index contributed by atoms with van der Waals surface area (Å²) in [4.78, 5) is 0. The van der Waals surface area contributed by atoms with E-state index >= 15 is 0 Å². The highest BCUT2D eigenvalue weighted by Crippen LogP contribution is 2.48. The number of allylic oxidation sites excluding steroid dienone is 13. The van der Waals surface area contributed by atoms with Crippen LogP contribution in [-0.4, -0.2) is 0 Å². The van der Waals surface area contributed by atoms with E-state index in [-0.39, 0.29) is 0 Å². The van der Waals surface area contributed by atoms with Crippen LogP contribution in [0.15, 0.2) is 83.6 Å². The van der Waals surface area contributed by atoms with Gasteiger partial charge in [0, 0.05) is 5.92 Å². The summed E-state index contributed by atoms with van der Waals surface area (Å²) >= 11 is 0. The molecule has 0 aromatic heterocycles. The first-order chi connectivity index (χ1) is 10.7. The molecule has 2 atom stereocenters. The Balaban J connectivity index is 3.41. The molecular formula is C22H30. The van der Waals surface area contributed by atoms with Crippen molar-refractivity contribution in [3.05, 3.63) is 83.6 Å². The Kier molecular flexibility index (Phi) is 7.66. The van der Waals surface area contributed by atoms with Crippen molar-refractivity contribution in [3.8, 4) is 0 Å². The molecule has 0 bridgehead atoms. The van der Waals surface area contributed by atoms with Gasteiger partial charge in [-0.25, -0.2) is 0 Å². The van der Waals surface area contributed by atoms with Gasteiger partial charge in [-0.1, -0.05) is 61.3 Å². The second kappa shape index (κ2) is 9.25. The minimum atomic E-state index is 0.430. The monoisotopic (exact) mass is 294 g/mol. The SMILES string of the molecule is C=C/C=C\C(=C/C)C1C(=C/C)/C(=C\C)CC1C(/C=C\C)=C/C.